The predicted octanol–water partition coefficient (Wildman–Crippen LogP) is 2.40. The Balaban J connectivity index is 1.47. The number of hydrogen-bond acceptors (Lipinski definition) is 6. The van der Waals surface area contributed by atoms with Crippen LogP contribution in [0, 0.1) is 0 Å². The molecule has 146 valence electrons. The van der Waals surface area contributed by atoms with Crippen molar-refractivity contribution in [2.24, 2.45) is 0 Å². The molecule has 0 unspecified atom stereocenters. The van der Waals surface area contributed by atoms with Gasteiger partial charge in [0.15, 0.2) is 5.82 Å². The van der Waals surface area contributed by atoms with Gasteiger partial charge in [0.05, 0.1) is 6.42 Å². The number of β-lactam (4-membered cyclic amide) rings is 1. The summed E-state index contributed by atoms with van der Waals surface area (Å²) in [5, 5.41) is 6.74. The van der Waals surface area contributed by atoms with Crippen LogP contribution in [-0.2, 0) is 22.4 Å². The second-order valence-electron chi connectivity index (χ2n) is 7.01. The topological polar surface area (TPSA) is 88.3 Å². The summed E-state index contributed by atoms with van der Waals surface area (Å²) < 4.78 is 5.41. The van der Waals surface area contributed by atoms with Gasteiger partial charge in [0.1, 0.15) is 17.1 Å². The molecule has 0 aliphatic carbocycles. The molecule has 4 rings (SSSR count). The van der Waals surface area contributed by atoms with E-state index in [0.29, 0.717) is 17.4 Å². The first-order valence-corrected chi connectivity index (χ1v) is 10.4. The van der Waals surface area contributed by atoms with Gasteiger partial charge in [-0.1, -0.05) is 42.4 Å². The van der Waals surface area contributed by atoms with E-state index in [0.717, 1.165) is 29.7 Å². The van der Waals surface area contributed by atoms with E-state index in [9.17, 15) is 9.59 Å². The minimum atomic E-state index is -0.526. The van der Waals surface area contributed by atoms with E-state index in [1.165, 1.54) is 0 Å². The third-order valence-corrected chi connectivity index (χ3v) is 6.25. The number of aromatic nitrogens is 2. The molecule has 2 aliphatic rings. The fourth-order valence-corrected chi connectivity index (χ4v) is 4.75. The first kappa shape index (κ1) is 18.7. The molecule has 2 amide bonds. The van der Waals surface area contributed by atoms with Gasteiger partial charge in [-0.25, -0.2) is 0 Å². The lowest BCUT2D eigenvalue weighted by atomic mass is 10.0. The zero-order chi connectivity index (χ0) is 19.7. The predicted molar refractivity (Wildman–Crippen MR) is 106 cm³/mol. The van der Waals surface area contributed by atoms with Gasteiger partial charge >= 0.3 is 0 Å². The summed E-state index contributed by atoms with van der Waals surface area (Å²) in [4.78, 5) is 31.3. The Labute approximate surface area is 167 Å². The van der Waals surface area contributed by atoms with E-state index in [1.807, 2.05) is 37.3 Å². The van der Waals surface area contributed by atoms with Crippen LogP contribution in [0.1, 0.15) is 37.5 Å². The Morgan fingerprint density at radius 1 is 1.36 bits per heavy atom. The zero-order valence-electron chi connectivity index (χ0n) is 15.8. The highest BCUT2D eigenvalue weighted by Gasteiger charge is 2.53. The molecule has 1 aromatic carbocycles. The van der Waals surface area contributed by atoms with Gasteiger partial charge in [-0.2, -0.15) is 4.98 Å². The van der Waals surface area contributed by atoms with Crippen molar-refractivity contribution in [3.63, 3.8) is 0 Å². The number of rotatable bonds is 6. The number of thioether (sulfide) groups is 1. The standard InChI is InChI=1S/C20H22N4O3S/c1-3-7-14-21-18(27-23-14)17-12(2)11-28-20-16(19(26)24(17)20)22-15(25)10-13-8-5-4-6-9-13/h4-6,8-9,16,20H,3,7,10-11H2,1-2H3,(H,22,25)/t16-,20-/m1/s1. The largest absolute Gasteiger partial charge is 0.341 e. The molecule has 1 N–H and O–H groups in total. The normalized spacial score (nSPS) is 21.4. The molecule has 2 aromatic rings. The second kappa shape index (κ2) is 7.79. The number of nitrogens with zero attached hydrogens (tertiary/aromatic N) is 3. The number of carbonyl (C=O) groups is 2. The minimum absolute atomic E-state index is 0.136. The number of carbonyl (C=O) groups excluding carboxylic acids is 2. The maximum absolute atomic E-state index is 12.8. The van der Waals surface area contributed by atoms with Crippen LogP contribution in [-0.4, -0.2) is 44.0 Å². The van der Waals surface area contributed by atoms with E-state index in [2.05, 4.69) is 22.4 Å². The lowest BCUT2D eigenvalue weighted by Crippen LogP contribution is -2.69. The molecular weight excluding hydrogens is 376 g/mol. The molecule has 1 aromatic heterocycles. The average Bonchev–Trinajstić information content (AvgIpc) is 3.15. The number of amides is 2. The van der Waals surface area contributed by atoms with Crippen LogP contribution in [0.4, 0.5) is 0 Å². The van der Waals surface area contributed by atoms with Crippen LogP contribution in [0.25, 0.3) is 5.70 Å². The van der Waals surface area contributed by atoms with Crippen molar-refractivity contribution in [1.82, 2.24) is 20.4 Å². The molecule has 28 heavy (non-hydrogen) atoms. The van der Waals surface area contributed by atoms with Crippen molar-refractivity contribution in [3.05, 3.63) is 53.2 Å². The van der Waals surface area contributed by atoms with Gasteiger partial charge in [0.2, 0.25) is 5.91 Å². The number of nitrogens with one attached hydrogen (secondary N) is 1. The molecule has 8 heteroatoms. The Bertz CT molecular complexity index is 925. The van der Waals surface area contributed by atoms with Gasteiger partial charge in [0.25, 0.3) is 11.8 Å². The maximum atomic E-state index is 12.8. The Morgan fingerprint density at radius 2 is 2.14 bits per heavy atom. The summed E-state index contributed by atoms with van der Waals surface area (Å²) in [6, 6.07) is 8.98. The lowest BCUT2D eigenvalue weighted by molar-refractivity contribution is -0.143. The van der Waals surface area contributed by atoms with Crippen molar-refractivity contribution in [2.45, 2.75) is 44.5 Å². The minimum Gasteiger partial charge on any atom is -0.341 e. The molecule has 1 fully saturated rings. The van der Waals surface area contributed by atoms with E-state index in [-0.39, 0.29) is 23.6 Å². The number of hydrogen-bond donors (Lipinski definition) is 1. The zero-order valence-corrected chi connectivity index (χ0v) is 16.7. The van der Waals surface area contributed by atoms with Crippen LogP contribution >= 0.6 is 11.8 Å². The van der Waals surface area contributed by atoms with Crippen LogP contribution in [0.5, 0.6) is 0 Å². The summed E-state index contributed by atoms with van der Waals surface area (Å²) >= 11 is 1.64. The van der Waals surface area contributed by atoms with E-state index < -0.39 is 6.04 Å². The monoisotopic (exact) mass is 398 g/mol. The molecule has 7 nitrogen and oxygen atoms in total. The molecule has 0 saturated carbocycles. The number of fused-ring (bicyclic) bond motifs is 1. The average molecular weight is 398 g/mol. The van der Waals surface area contributed by atoms with Crippen LogP contribution in [0.15, 0.2) is 40.4 Å². The van der Waals surface area contributed by atoms with Crippen LogP contribution in [0.3, 0.4) is 0 Å². The van der Waals surface area contributed by atoms with Gasteiger partial charge in [-0.3, -0.25) is 14.5 Å². The van der Waals surface area contributed by atoms with E-state index in [4.69, 9.17) is 4.52 Å². The number of benzene rings is 1. The smallest absolute Gasteiger partial charge is 0.274 e. The molecule has 2 aliphatic heterocycles. The summed E-state index contributed by atoms with van der Waals surface area (Å²) in [6.07, 6.45) is 1.92. The third-order valence-electron chi connectivity index (χ3n) is 4.83. The van der Waals surface area contributed by atoms with Crippen LogP contribution in [0.2, 0.25) is 0 Å². The first-order chi connectivity index (χ1) is 13.6. The van der Waals surface area contributed by atoms with Crippen molar-refractivity contribution >= 4 is 29.3 Å². The van der Waals surface area contributed by atoms with Crippen molar-refractivity contribution < 1.29 is 14.1 Å². The van der Waals surface area contributed by atoms with Crippen molar-refractivity contribution in [1.29, 1.82) is 0 Å². The lowest BCUT2D eigenvalue weighted by Gasteiger charge is -2.49. The van der Waals surface area contributed by atoms with Crippen molar-refractivity contribution in [2.75, 3.05) is 5.75 Å². The van der Waals surface area contributed by atoms with Gasteiger partial charge in [-0.15, -0.1) is 11.8 Å². The summed E-state index contributed by atoms with van der Waals surface area (Å²) in [6.45, 7) is 4.02. The summed E-state index contributed by atoms with van der Waals surface area (Å²) in [5.41, 5.74) is 2.64. The van der Waals surface area contributed by atoms with Crippen molar-refractivity contribution in [3.8, 4) is 0 Å². The van der Waals surface area contributed by atoms with E-state index >= 15 is 0 Å². The van der Waals surface area contributed by atoms with Gasteiger partial charge in [0, 0.05) is 12.2 Å². The highest BCUT2D eigenvalue weighted by Crippen LogP contribution is 2.43. The molecule has 0 spiro atoms. The third kappa shape index (κ3) is 3.44. The second-order valence-corrected chi connectivity index (χ2v) is 8.12. The molecule has 0 bridgehead atoms. The van der Waals surface area contributed by atoms with Gasteiger partial charge in [-0.05, 0) is 24.5 Å². The maximum Gasteiger partial charge on any atom is 0.274 e. The molecule has 2 atom stereocenters. The fourth-order valence-electron chi connectivity index (χ4n) is 3.46. The molecule has 1 saturated heterocycles. The Morgan fingerprint density at radius 3 is 2.89 bits per heavy atom. The van der Waals surface area contributed by atoms with Gasteiger partial charge < -0.3 is 9.84 Å². The Kier molecular flexibility index (Phi) is 5.21. The summed E-state index contributed by atoms with van der Waals surface area (Å²) in [7, 11) is 0. The molecule has 3 heterocycles. The summed E-state index contributed by atoms with van der Waals surface area (Å²) in [5.74, 6) is 1.49. The van der Waals surface area contributed by atoms with E-state index in [1.54, 1.807) is 16.7 Å². The molecular formula is C20H22N4O3S. The SMILES string of the molecule is CCCc1noc(C2=C(C)CS[C@@H]3[C@H](NC(=O)Cc4ccccc4)C(=O)N23)n1. The Hall–Kier alpha value is -2.61. The molecule has 0 radical (unpaired) electrons. The van der Waals surface area contributed by atoms with Crippen LogP contribution < -0.4 is 5.32 Å². The quantitative estimate of drug-likeness (QED) is 0.752. The highest BCUT2D eigenvalue weighted by atomic mass is 32.2. The fraction of sp³-hybridized carbons (Fsp3) is 0.400. The highest BCUT2D eigenvalue weighted by molar-refractivity contribution is 8.00. The number of aryl methyl sites for hydroxylation is 1. The first-order valence-electron chi connectivity index (χ1n) is 9.39.